The van der Waals surface area contributed by atoms with Crippen molar-refractivity contribution in [2.45, 2.75) is 111 Å². The quantitative estimate of drug-likeness (QED) is 0.219. The first-order chi connectivity index (χ1) is 27.8. The smallest absolute Gasteiger partial charge is 0.312 e. The number of allylic oxidation sites excluding steroid dienone is 2. The molecule has 59 heavy (non-hydrogen) atoms. The summed E-state index contributed by atoms with van der Waals surface area (Å²) in [5.74, 6) is -7.03. The van der Waals surface area contributed by atoms with Crippen molar-refractivity contribution in [1.29, 1.82) is 0 Å². The number of nitrogens with one attached hydrogen (secondary N) is 1. The van der Waals surface area contributed by atoms with Gasteiger partial charge in [-0.2, -0.15) is 0 Å². The zero-order valence-corrected chi connectivity index (χ0v) is 35.5. The molecule has 0 unspecified atom stereocenters. The molecule has 0 saturated carbocycles. The number of amides is 1. The first kappa shape index (κ1) is 43.7. The topological polar surface area (TPSA) is 209 Å². The molecule has 2 aromatic rings. The van der Waals surface area contributed by atoms with Gasteiger partial charge in [-0.05, 0) is 26.5 Å². The van der Waals surface area contributed by atoms with Gasteiger partial charge in [-0.1, -0.05) is 52.8 Å². The monoisotopic (exact) mass is 818 g/mol. The SMILES string of the molecule is CCN1CCC2(CC1)N=c1c(c3c4c5c(C)c(O)c3c(O)c1=NC(=O)/C(C)=C\C=C\[C@H](C)[C@H](O)[C@@H](C)[C@@H](O)[C@@H](C)[C@H](OC(C)=O)[C@H](C)[C@@H](OC)/C=C/O[C@@](C)(O5)C4=O)N2. The zero-order chi connectivity index (χ0) is 43.3. The molecule has 9 atom stereocenters. The number of benzene rings is 2. The van der Waals surface area contributed by atoms with Gasteiger partial charge in [0.05, 0.1) is 41.2 Å². The Balaban J connectivity index is 1.56. The van der Waals surface area contributed by atoms with Gasteiger partial charge in [0.1, 0.15) is 34.0 Å². The van der Waals surface area contributed by atoms with Gasteiger partial charge in [-0.3, -0.25) is 19.4 Å². The molecule has 5 aliphatic heterocycles. The van der Waals surface area contributed by atoms with Crippen LogP contribution in [0.25, 0.3) is 10.8 Å². The van der Waals surface area contributed by atoms with Crippen LogP contribution < -0.4 is 20.8 Å². The van der Waals surface area contributed by atoms with Gasteiger partial charge in [0.25, 0.3) is 11.7 Å². The molecule has 15 heteroatoms. The van der Waals surface area contributed by atoms with Crippen LogP contribution in [0.4, 0.5) is 5.69 Å². The maximum atomic E-state index is 14.7. The number of methoxy groups -OCH3 is 1. The van der Waals surface area contributed by atoms with Crippen LogP contribution >= 0.6 is 0 Å². The molecular weight excluding hydrogens is 761 g/mol. The van der Waals surface area contributed by atoms with E-state index in [9.17, 15) is 34.8 Å². The number of hydrogen-bond acceptors (Lipinski definition) is 14. The number of aliphatic hydroxyl groups excluding tert-OH is 2. The highest BCUT2D eigenvalue weighted by atomic mass is 16.7. The standard InChI is InChI=1S/C44H58N4O11/c1-11-48-18-16-44(17-19-48)46-32-29-30-37(52)26(7)40-31(29)41(54)43(9,59-40)57-20-15-28(56-10)23(4)39(58-27(8)49)25(6)36(51)24(5)35(50)21(2)13-12-14-22(3)42(55)45-34(38(30)53)33(32)47-44/h12-15,20-21,23-25,28,35-36,39,46,50-53H,11,16-19H2,1-10H3/b13-12+,20-15+,22-14-,45-34?/t21-,23+,24+,25+,28-,35-,36+,39+,43-/m0/s1. The number of Topliss-reactive ketones (excluding diaryl/α,β-unsaturated/α-hetero) is 1. The Labute approximate surface area is 344 Å². The van der Waals surface area contributed by atoms with Gasteiger partial charge in [0.15, 0.2) is 5.75 Å². The highest BCUT2D eigenvalue weighted by Gasteiger charge is 2.50. The van der Waals surface area contributed by atoms with Crippen molar-refractivity contribution in [3.05, 3.63) is 58.0 Å². The fourth-order valence-electron chi connectivity index (χ4n) is 8.86. The van der Waals surface area contributed by atoms with Crippen LogP contribution in [0, 0.1) is 30.6 Å². The largest absolute Gasteiger partial charge is 0.507 e. The number of ketones is 1. The van der Waals surface area contributed by atoms with Crippen LogP contribution in [0.5, 0.6) is 17.2 Å². The van der Waals surface area contributed by atoms with Crippen LogP contribution in [-0.2, 0) is 23.8 Å². The van der Waals surface area contributed by atoms with E-state index in [2.05, 4.69) is 22.1 Å². The second-order valence-electron chi connectivity index (χ2n) is 16.7. The molecule has 1 amide bonds. The molecular formula is C44H58N4O11. The number of phenolic OH excluding ortho intramolecular Hbond substituents is 2. The summed E-state index contributed by atoms with van der Waals surface area (Å²) in [6.45, 7) is 17.2. The number of nitrogens with zero attached hydrogens (tertiary/aromatic N) is 3. The molecule has 320 valence electrons. The van der Waals surface area contributed by atoms with E-state index in [1.54, 1.807) is 59.8 Å². The average Bonchev–Trinajstić information content (AvgIpc) is 3.70. The summed E-state index contributed by atoms with van der Waals surface area (Å²) < 4.78 is 23.9. The number of fused-ring (bicyclic) bond motifs is 13. The third-order valence-corrected chi connectivity index (χ3v) is 12.7. The third-order valence-electron chi connectivity index (χ3n) is 12.7. The predicted octanol–water partition coefficient (Wildman–Crippen LogP) is 4.11. The lowest BCUT2D eigenvalue weighted by Crippen LogP contribution is -2.46. The number of likely N-dealkylation sites (tertiary alicyclic amines) is 1. The van der Waals surface area contributed by atoms with E-state index in [4.69, 9.17) is 23.9 Å². The molecule has 0 aromatic heterocycles. The number of aromatic hydroxyl groups is 2. The van der Waals surface area contributed by atoms with Crippen molar-refractivity contribution in [3.63, 3.8) is 0 Å². The van der Waals surface area contributed by atoms with Gasteiger partial charge in [0.2, 0.25) is 0 Å². The first-order valence-electron chi connectivity index (χ1n) is 20.4. The Morgan fingerprint density at radius 1 is 0.983 bits per heavy atom. The Kier molecular flexibility index (Phi) is 12.4. The minimum atomic E-state index is -1.95. The minimum absolute atomic E-state index is 0.0527. The number of rotatable bonds is 3. The van der Waals surface area contributed by atoms with Gasteiger partial charge < -0.3 is 49.6 Å². The van der Waals surface area contributed by atoms with Crippen LogP contribution in [0.15, 0.2) is 46.1 Å². The molecule has 0 radical (unpaired) electrons. The van der Waals surface area contributed by atoms with Crippen molar-refractivity contribution in [1.82, 2.24) is 4.90 Å². The number of piperidine rings is 1. The maximum Gasteiger partial charge on any atom is 0.312 e. The Hall–Kier alpha value is -4.83. The van der Waals surface area contributed by atoms with E-state index in [-0.39, 0.29) is 49.7 Å². The zero-order valence-electron chi connectivity index (χ0n) is 35.5. The number of carbonyl (C=O) groups excluding carboxylic acids is 3. The molecule has 15 nitrogen and oxygen atoms in total. The lowest BCUT2D eigenvalue weighted by molar-refractivity contribution is -0.160. The summed E-state index contributed by atoms with van der Waals surface area (Å²) in [7, 11) is 1.47. The molecule has 5 bridgehead atoms. The van der Waals surface area contributed by atoms with E-state index in [0.29, 0.717) is 18.5 Å². The Morgan fingerprint density at radius 2 is 1.66 bits per heavy atom. The molecule has 7 rings (SSSR count). The molecule has 2 aromatic carbocycles. The second kappa shape index (κ2) is 16.7. The molecule has 0 aliphatic carbocycles. The van der Waals surface area contributed by atoms with Crippen LogP contribution in [0.3, 0.4) is 0 Å². The van der Waals surface area contributed by atoms with Crippen molar-refractivity contribution in [3.8, 4) is 17.2 Å². The average molecular weight is 819 g/mol. The highest BCUT2D eigenvalue weighted by molar-refractivity contribution is 6.21. The van der Waals surface area contributed by atoms with Gasteiger partial charge in [-0.25, -0.2) is 4.99 Å². The van der Waals surface area contributed by atoms with E-state index in [1.165, 1.54) is 33.3 Å². The molecule has 1 fully saturated rings. The summed E-state index contributed by atoms with van der Waals surface area (Å²) in [5.41, 5.74) is -0.104. The normalized spacial score (nSPS) is 33.3. The Bertz CT molecular complexity index is 2240. The summed E-state index contributed by atoms with van der Waals surface area (Å²) in [5, 5.41) is 50.3. The van der Waals surface area contributed by atoms with Crippen molar-refractivity contribution in [2.75, 3.05) is 32.1 Å². The van der Waals surface area contributed by atoms with Crippen LogP contribution in [-0.4, -0.2) is 106 Å². The number of ether oxygens (including phenoxy) is 4. The maximum absolute atomic E-state index is 14.7. The van der Waals surface area contributed by atoms with Gasteiger partial charge in [0, 0.05) is 87.1 Å². The number of phenols is 2. The molecule has 5 heterocycles. The van der Waals surface area contributed by atoms with E-state index < -0.39 is 82.9 Å². The van der Waals surface area contributed by atoms with Crippen LogP contribution in [0.2, 0.25) is 0 Å². The third kappa shape index (κ3) is 7.85. The molecule has 5 N–H and O–H groups in total. The summed E-state index contributed by atoms with van der Waals surface area (Å²) >= 11 is 0. The van der Waals surface area contributed by atoms with Crippen LogP contribution in [0.1, 0.15) is 84.2 Å². The van der Waals surface area contributed by atoms with Crippen molar-refractivity contribution >= 4 is 34.1 Å². The number of aliphatic hydroxyl groups is 2. The van der Waals surface area contributed by atoms with E-state index in [0.717, 1.165) is 19.6 Å². The van der Waals surface area contributed by atoms with Crippen molar-refractivity contribution < 1.29 is 53.8 Å². The van der Waals surface area contributed by atoms with E-state index >= 15 is 0 Å². The number of carbonyl (C=O) groups is 3. The first-order valence-corrected chi connectivity index (χ1v) is 20.4. The molecule has 1 saturated heterocycles. The summed E-state index contributed by atoms with van der Waals surface area (Å²) in [6, 6.07) is 0. The summed E-state index contributed by atoms with van der Waals surface area (Å²) in [4.78, 5) is 52.6. The highest BCUT2D eigenvalue weighted by Crippen LogP contribution is 2.51. The summed E-state index contributed by atoms with van der Waals surface area (Å²) in [6.07, 6.45) is 5.06. The minimum Gasteiger partial charge on any atom is -0.507 e. The van der Waals surface area contributed by atoms with E-state index in [1.807, 2.05) is 0 Å². The lowest BCUT2D eigenvalue weighted by Gasteiger charge is -2.38. The predicted molar refractivity (Wildman–Crippen MR) is 219 cm³/mol. The Morgan fingerprint density at radius 3 is 2.29 bits per heavy atom. The van der Waals surface area contributed by atoms with Gasteiger partial charge >= 0.3 is 11.8 Å². The lowest BCUT2D eigenvalue weighted by atomic mass is 9.78. The number of esters is 1. The fraction of sp³-hybridized carbons (Fsp3) is 0.568. The number of anilines is 1. The molecule has 1 spiro atoms. The van der Waals surface area contributed by atoms with Gasteiger partial charge in [-0.15, -0.1) is 0 Å². The number of hydrogen-bond donors (Lipinski definition) is 5. The second-order valence-corrected chi connectivity index (χ2v) is 16.7. The van der Waals surface area contributed by atoms with Crippen molar-refractivity contribution in [2.24, 2.45) is 33.7 Å². The molecule has 5 aliphatic rings. The fourth-order valence-corrected chi connectivity index (χ4v) is 8.86.